The molecule has 9 heteroatoms. The molecule has 1 unspecified atom stereocenters. The van der Waals surface area contributed by atoms with Crippen LogP contribution >= 0.6 is 0 Å². The number of benzene rings is 1. The second kappa shape index (κ2) is 9.45. The monoisotopic (exact) mass is 534 g/mol. The van der Waals surface area contributed by atoms with Gasteiger partial charge < -0.3 is 23.4 Å². The minimum Gasteiger partial charge on any atom is -0.400 e. The zero-order valence-corrected chi connectivity index (χ0v) is 25.0. The molecule has 39 heavy (non-hydrogen) atoms. The lowest BCUT2D eigenvalue weighted by Gasteiger charge is -2.33. The molecule has 7 nitrogen and oxygen atoms in total. The van der Waals surface area contributed by atoms with E-state index in [1.54, 1.807) is 0 Å². The Hall–Kier alpha value is -1.64. The Morgan fingerprint density at radius 3 is 1.95 bits per heavy atom. The first-order valence-corrected chi connectivity index (χ1v) is 14.8. The van der Waals surface area contributed by atoms with Gasteiger partial charge in [0.1, 0.15) is 0 Å². The van der Waals surface area contributed by atoms with Gasteiger partial charge in [-0.05, 0) is 122 Å². The number of allylic oxidation sites excluding steroid dienone is 1. The summed E-state index contributed by atoms with van der Waals surface area (Å²) in [5, 5.41) is 5.83. The first kappa shape index (κ1) is 27.5. The second-order valence-electron chi connectivity index (χ2n) is 13.9. The highest BCUT2D eigenvalue weighted by Gasteiger charge is 2.58. The van der Waals surface area contributed by atoms with Crippen LogP contribution in [0.25, 0.3) is 16.4 Å². The van der Waals surface area contributed by atoms with E-state index in [4.69, 9.17) is 28.5 Å². The molecule has 210 valence electrons. The van der Waals surface area contributed by atoms with Gasteiger partial charge in [-0.3, -0.25) is 0 Å². The van der Waals surface area contributed by atoms with E-state index in [0.717, 1.165) is 60.6 Å². The van der Waals surface area contributed by atoms with Crippen LogP contribution in [-0.2, 0) is 23.4 Å². The molecule has 2 aromatic rings. The average molecular weight is 534 g/mol. The smallest absolute Gasteiger partial charge is 0.400 e. The predicted molar refractivity (Wildman–Crippen MR) is 155 cm³/mol. The predicted octanol–water partition coefficient (Wildman–Crippen LogP) is 6.55. The minimum atomic E-state index is -0.529. The summed E-state index contributed by atoms with van der Waals surface area (Å²) < 4.78 is 34.9. The first-order chi connectivity index (χ1) is 18.3. The first-order valence-electron chi connectivity index (χ1n) is 14.8. The Labute approximate surface area is 234 Å². The molecule has 6 rings (SSSR count). The fraction of sp³-hybridized carbons (Fsp3) is 0.700. The van der Waals surface area contributed by atoms with Gasteiger partial charge in [0.2, 0.25) is 0 Å². The number of ether oxygens (including phenoxy) is 1. The van der Waals surface area contributed by atoms with Crippen LogP contribution in [0.15, 0.2) is 29.9 Å². The Morgan fingerprint density at radius 2 is 1.41 bits per heavy atom. The minimum absolute atomic E-state index is 0.00417. The van der Waals surface area contributed by atoms with E-state index in [1.165, 1.54) is 11.9 Å². The number of nitrogens with zero attached hydrogens (tertiary/aromatic N) is 2. The van der Waals surface area contributed by atoms with Gasteiger partial charge in [0, 0.05) is 12.0 Å². The van der Waals surface area contributed by atoms with Crippen LogP contribution in [0.2, 0.25) is 0 Å². The molecule has 1 aromatic heterocycles. The molecule has 1 atom stereocenters. The Balaban J connectivity index is 1.49. The molecule has 1 aromatic carbocycles. The number of rotatable bonds is 5. The zero-order valence-electron chi connectivity index (χ0n) is 25.0. The van der Waals surface area contributed by atoms with E-state index in [0.29, 0.717) is 5.92 Å². The lowest BCUT2D eigenvalue weighted by Crippen LogP contribution is -2.41. The molecule has 0 N–H and O–H groups in total. The van der Waals surface area contributed by atoms with Crippen molar-refractivity contribution in [2.24, 2.45) is 5.92 Å². The molecular formula is C30H44B2N2O5. The van der Waals surface area contributed by atoms with Gasteiger partial charge in [-0.25, -0.2) is 4.68 Å². The van der Waals surface area contributed by atoms with Crippen LogP contribution in [-0.4, -0.2) is 53.0 Å². The average Bonchev–Trinajstić information content (AvgIpc) is 3.41. The molecule has 0 spiro atoms. The molecule has 1 saturated carbocycles. The topological polar surface area (TPSA) is 64.0 Å². The van der Waals surface area contributed by atoms with Crippen LogP contribution in [0.4, 0.5) is 0 Å². The third-order valence-electron chi connectivity index (χ3n) is 10.2. The fourth-order valence-electron chi connectivity index (χ4n) is 6.00. The maximum atomic E-state index is 6.72. The van der Waals surface area contributed by atoms with Crippen molar-refractivity contribution in [3.05, 3.63) is 35.4 Å². The maximum Gasteiger partial charge on any atom is 0.494 e. The third-order valence-corrected chi connectivity index (χ3v) is 10.2. The SMILES string of the molecule is CC1(C)OB(/C(=C(\B2OC(C)(C)C(C)(C)O2)C2CCC2)c2ccc3c(cnn3C3CCCCO3)c2)OC1(C)C. The number of hydrogen-bond acceptors (Lipinski definition) is 6. The lowest BCUT2D eigenvalue weighted by molar-refractivity contribution is -0.0366. The van der Waals surface area contributed by atoms with Crippen molar-refractivity contribution in [2.45, 2.75) is 123 Å². The van der Waals surface area contributed by atoms with Crippen molar-refractivity contribution in [1.82, 2.24) is 9.78 Å². The van der Waals surface area contributed by atoms with E-state index in [-0.39, 0.29) is 6.23 Å². The van der Waals surface area contributed by atoms with Crippen LogP contribution < -0.4 is 0 Å². The zero-order chi connectivity index (χ0) is 27.8. The van der Waals surface area contributed by atoms with Gasteiger partial charge in [-0.1, -0.05) is 12.5 Å². The van der Waals surface area contributed by atoms with Crippen LogP contribution in [0, 0.1) is 5.92 Å². The number of fused-ring (bicyclic) bond motifs is 1. The molecule has 0 radical (unpaired) electrons. The van der Waals surface area contributed by atoms with Crippen molar-refractivity contribution >= 4 is 30.6 Å². The molecule has 4 fully saturated rings. The van der Waals surface area contributed by atoms with Gasteiger partial charge in [0.25, 0.3) is 0 Å². The van der Waals surface area contributed by atoms with Crippen LogP contribution in [0.3, 0.4) is 0 Å². The van der Waals surface area contributed by atoms with Crippen molar-refractivity contribution in [3.63, 3.8) is 0 Å². The molecule has 3 aliphatic heterocycles. The quantitative estimate of drug-likeness (QED) is 0.406. The highest BCUT2D eigenvalue weighted by Crippen LogP contribution is 2.49. The van der Waals surface area contributed by atoms with Crippen molar-refractivity contribution in [3.8, 4) is 0 Å². The molecule has 0 bridgehead atoms. The lowest BCUT2D eigenvalue weighted by atomic mass is 9.55. The Morgan fingerprint density at radius 1 is 0.795 bits per heavy atom. The molecule has 0 amide bonds. The maximum absolute atomic E-state index is 6.72. The molecule has 4 aliphatic rings. The largest absolute Gasteiger partial charge is 0.494 e. The van der Waals surface area contributed by atoms with Gasteiger partial charge in [-0.2, -0.15) is 5.10 Å². The summed E-state index contributed by atoms with van der Waals surface area (Å²) in [6, 6.07) is 6.59. The van der Waals surface area contributed by atoms with E-state index in [2.05, 4.69) is 73.6 Å². The fourth-order valence-corrected chi connectivity index (χ4v) is 6.00. The summed E-state index contributed by atoms with van der Waals surface area (Å²) in [5.74, 6) is 0.364. The summed E-state index contributed by atoms with van der Waals surface area (Å²) in [6.45, 7) is 17.7. The number of hydrogen-bond donors (Lipinski definition) is 0. The standard InChI is InChI=1S/C30H44B2N2O5/c1-27(2)28(3,4)37-31(36-27)25(20-12-11-13-20)26(32-38-29(5,6)30(7,8)39-32)21-15-16-23-22(18-21)19-33-34(23)24-14-9-10-17-35-24/h15-16,18-20,24H,9-14,17H2,1-8H3/b26-25-. The van der Waals surface area contributed by atoms with Crippen molar-refractivity contribution in [1.29, 1.82) is 0 Å². The summed E-state index contributed by atoms with van der Waals surface area (Å²) >= 11 is 0. The normalized spacial score (nSPS) is 28.6. The summed E-state index contributed by atoms with van der Waals surface area (Å²) in [4.78, 5) is 0. The van der Waals surface area contributed by atoms with E-state index < -0.39 is 36.6 Å². The third kappa shape index (κ3) is 4.62. The summed E-state index contributed by atoms with van der Waals surface area (Å²) in [5.41, 5.74) is 2.58. The summed E-state index contributed by atoms with van der Waals surface area (Å²) in [7, 11) is -0.984. The van der Waals surface area contributed by atoms with Gasteiger partial charge in [0.05, 0.1) is 34.1 Å². The Bertz CT molecular complexity index is 1240. The molecule has 4 heterocycles. The van der Waals surface area contributed by atoms with E-state index in [9.17, 15) is 0 Å². The highest BCUT2D eigenvalue weighted by molar-refractivity contribution is 6.74. The highest BCUT2D eigenvalue weighted by atomic mass is 16.7. The molecule has 3 saturated heterocycles. The summed E-state index contributed by atoms with van der Waals surface area (Å²) in [6.07, 6.45) is 8.65. The van der Waals surface area contributed by atoms with Crippen molar-refractivity contribution < 1.29 is 23.4 Å². The van der Waals surface area contributed by atoms with E-state index in [1.807, 2.05) is 10.9 Å². The van der Waals surface area contributed by atoms with Gasteiger partial charge in [0.15, 0.2) is 6.23 Å². The number of aromatic nitrogens is 2. The van der Waals surface area contributed by atoms with Crippen LogP contribution in [0.5, 0.6) is 0 Å². The van der Waals surface area contributed by atoms with Crippen molar-refractivity contribution in [2.75, 3.05) is 6.61 Å². The Kier molecular flexibility index (Phi) is 6.67. The van der Waals surface area contributed by atoms with Gasteiger partial charge in [-0.15, -0.1) is 0 Å². The van der Waals surface area contributed by atoms with Crippen LogP contribution in [0.1, 0.15) is 106 Å². The molecule has 1 aliphatic carbocycles. The molecular weight excluding hydrogens is 490 g/mol. The van der Waals surface area contributed by atoms with E-state index >= 15 is 0 Å². The second-order valence-corrected chi connectivity index (χ2v) is 13.9. The van der Waals surface area contributed by atoms with Gasteiger partial charge >= 0.3 is 14.2 Å².